The molecule has 2 nitrogen and oxygen atoms in total. The van der Waals surface area contributed by atoms with Crippen LogP contribution in [-0.4, -0.2) is 25.3 Å². The minimum Gasteiger partial charge on any atom is -0.396 e. The average Bonchev–Trinajstić information content (AvgIpc) is 2.35. The molecule has 1 rings (SSSR count). The maximum absolute atomic E-state index is 9.41. The van der Waals surface area contributed by atoms with Crippen LogP contribution in [-0.2, 0) is 6.42 Å². The van der Waals surface area contributed by atoms with Gasteiger partial charge in [0, 0.05) is 31.8 Å². The summed E-state index contributed by atoms with van der Waals surface area (Å²) < 4.78 is 0. The summed E-state index contributed by atoms with van der Waals surface area (Å²) in [7, 11) is 2.10. The molecule has 0 aromatic heterocycles. The second-order valence-corrected chi connectivity index (χ2v) is 6.33. The minimum atomic E-state index is 0.257. The zero-order valence-corrected chi connectivity index (χ0v) is 13.1. The lowest BCUT2D eigenvalue weighted by Gasteiger charge is -2.27. The van der Waals surface area contributed by atoms with E-state index >= 15 is 0 Å². The topological polar surface area (TPSA) is 23.5 Å². The molecule has 108 valence electrons. The number of hydrogen-bond donors (Lipinski definition) is 1. The molecule has 0 bridgehead atoms. The van der Waals surface area contributed by atoms with E-state index in [4.69, 9.17) is 0 Å². The first-order valence-electron chi connectivity index (χ1n) is 7.35. The van der Waals surface area contributed by atoms with Crippen molar-refractivity contribution in [2.75, 3.05) is 25.1 Å². The van der Waals surface area contributed by atoms with Gasteiger partial charge < -0.3 is 10.0 Å². The first kappa shape index (κ1) is 16.0. The predicted molar refractivity (Wildman–Crippen MR) is 83.7 cm³/mol. The lowest BCUT2D eigenvalue weighted by molar-refractivity contribution is 0.193. The van der Waals surface area contributed by atoms with Crippen LogP contribution in [0.2, 0.25) is 0 Å². The lowest BCUT2D eigenvalue weighted by Crippen LogP contribution is -2.30. The summed E-state index contributed by atoms with van der Waals surface area (Å²) in [6.45, 7) is 9.98. The van der Waals surface area contributed by atoms with Crippen molar-refractivity contribution in [2.24, 2.45) is 17.8 Å². The predicted octanol–water partition coefficient (Wildman–Crippen LogP) is 3.59. The molecule has 1 N–H and O–H groups in total. The molecule has 0 aliphatic heterocycles. The summed E-state index contributed by atoms with van der Waals surface area (Å²) in [5, 5.41) is 9.41. The SMILES string of the molecule is CC(C)Cc1ccc(N(C)CC(CO)C(C)C)cc1. The van der Waals surface area contributed by atoms with Crippen LogP contribution >= 0.6 is 0 Å². The lowest BCUT2D eigenvalue weighted by atomic mass is 9.96. The van der Waals surface area contributed by atoms with Crippen molar-refractivity contribution in [3.05, 3.63) is 29.8 Å². The molecule has 0 radical (unpaired) electrons. The molecule has 0 aliphatic rings. The van der Waals surface area contributed by atoms with Gasteiger partial charge in [-0.05, 0) is 36.0 Å². The summed E-state index contributed by atoms with van der Waals surface area (Å²) in [6.07, 6.45) is 1.13. The van der Waals surface area contributed by atoms with Gasteiger partial charge in [-0.25, -0.2) is 0 Å². The number of nitrogens with zero attached hydrogens (tertiary/aromatic N) is 1. The molecular weight excluding hydrogens is 234 g/mol. The molecule has 1 unspecified atom stereocenters. The molecule has 0 spiro atoms. The van der Waals surface area contributed by atoms with E-state index in [-0.39, 0.29) is 6.61 Å². The number of aliphatic hydroxyl groups excluding tert-OH is 1. The molecule has 0 amide bonds. The fourth-order valence-electron chi connectivity index (χ4n) is 2.29. The summed E-state index contributed by atoms with van der Waals surface area (Å²) in [6, 6.07) is 8.81. The summed E-state index contributed by atoms with van der Waals surface area (Å²) in [5.41, 5.74) is 2.63. The molecule has 0 aliphatic carbocycles. The van der Waals surface area contributed by atoms with E-state index in [1.807, 2.05) is 0 Å². The van der Waals surface area contributed by atoms with E-state index < -0.39 is 0 Å². The van der Waals surface area contributed by atoms with Gasteiger partial charge in [-0.3, -0.25) is 0 Å². The quantitative estimate of drug-likeness (QED) is 0.812. The smallest absolute Gasteiger partial charge is 0.0478 e. The molecule has 1 aromatic carbocycles. The Hall–Kier alpha value is -1.02. The Morgan fingerprint density at radius 2 is 1.63 bits per heavy atom. The Kier molecular flexibility index (Phi) is 6.36. The van der Waals surface area contributed by atoms with Crippen molar-refractivity contribution in [1.29, 1.82) is 0 Å². The van der Waals surface area contributed by atoms with Gasteiger partial charge in [-0.2, -0.15) is 0 Å². The van der Waals surface area contributed by atoms with Gasteiger partial charge in [0.15, 0.2) is 0 Å². The van der Waals surface area contributed by atoms with E-state index in [1.54, 1.807) is 0 Å². The van der Waals surface area contributed by atoms with Crippen LogP contribution in [0.15, 0.2) is 24.3 Å². The zero-order valence-electron chi connectivity index (χ0n) is 13.1. The third-order valence-corrected chi connectivity index (χ3v) is 3.71. The van der Waals surface area contributed by atoms with E-state index in [0.29, 0.717) is 17.8 Å². The Bertz CT molecular complexity index is 356. The standard InChI is InChI=1S/C17H29NO/c1-13(2)10-15-6-8-17(9-7-15)18(5)11-16(12-19)14(3)4/h6-9,13-14,16,19H,10-12H2,1-5H3. The highest BCUT2D eigenvalue weighted by Crippen LogP contribution is 2.19. The zero-order chi connectivity index (χ0) is 14.4. The number of hydrogen-bond acceptors (Lipinski definition) is 2. The highest BCUT2D eigenvalue weighted by Gasteiger charge is 2.15. The Balaban J connectivity index is 2.64. The molecule has 0 saturated heterocycles. The third-order valence-electron chi connectivity index (χ3n) is 3.71. The second kappa shape index (κ2) is 7.54. The Labute approximate surface area is 118 Å². The highest BCUT2D eigenvalue weighted by molar-refractivity contribution is 5.47. The summed E-state index contributed by atoms with van der Waals surface area (Å²) >= 11 is 0. The van der Waals surface area contributed by atoms with E-state index in [2.05, 4.69) is 63.9 Å². The monoisotopic (exact) mass is 263 g/mol. The van der Waals surface area contributed by atoms with E-state index in [9.17, 15) is 5.11 Å². The average molecular weight is 263 g/mol. The normalized spacial score (nSPS) is 13.1. The number of rotatable bonds is 7. The third kappa shape index (κ3) is 5.23. The van der Waals surface area contributed by atoms with Crippen molar-refractivity contribution >= 4 is 5.69 Å². The van der Waals surface area contributed by atoms with Gasteiger partial charge in [-0.15, -0.1) is 0 Å². The molecule has 0 heterocycles. The van der Waals surface area contributed by atoms with Gasteiger partial charge in [0.05, 0.1) is 0 Å². The van der Waals surface area contributed by atoms with Crippen molar-refractivity contribution in [2.45, 2.75) is 34.1 Å². The Morgan fingerprint density at radius 3 is 2.05 bits per heavy atom. The van der Waals surface area contributed by atoms with Crippen molar-refractivity contribution < 1.29 is 5.11 Å². The molecule has 0 fully saturated rings. The van der Waals surface area contributed by atoms with Crippen molar-refractivity contribution in [1.82, 2.24) is 0 Å². The van der Waals surface area contributed by atoms with Gasteiger partial charge in [0.1, 0.15) is 0 Å². The maximum atomic E-state index is 9.41. The second-order valence-electron chi connectivity index (χ2n) is 6.33. The number of anilines is 1. The molecule has 2 heteroatoms. The van der Waals surface area contributed by atoms with Gasteiger partial charge in [-0.1, -0.05) is 39.8 Å². The highest BCUT2D eigenvalue weighted by atomic mass is 16.3. The van der Waals surface area contributed by atoms with Crippen LogP contribution in [0.25, 0.3) is 0 Å². The molecule has 0 saturated carbocycles. The van der Waals surface area contributed by atoms with Crippen molar-refractivity contribution in [3.63, 3.8) is 0 Å². The van der Waals surface area contributed by atoms with E-state index in [0.717, 1.165) is 13.0 Å². The fourth-order valence-corrected chi connectivity index (χ4v) is 2.29. The van der Waals surface area contributed by atoms with Crippen LogP contribution in [0.1, 0.15) is 33.3 Å². The number of aliphatic hydroxyl groups is 1. The van der Waals surface area contributed by atoms with Crippen LogP contribution in [0, 0.1) is 17.8 Å². The number of benzene rings is 1. The molecule has 1 atom stereocenters. The molecule has 1 aromatic rings. The van der Waals surface area contributed by atoms with Gasteiger partial charge in [0.25, 0.3) is 0 Å². The minimum absolute atomic E-state index is 0.257. The fraction of sp³-hybridized carbons (Fsp3) is 0.647. The maximum Gasteiger partial charge on any atom is 0.0478 e. The van der Waals surface area contributed by atoms with Crippen LogP contribution in [0.5, 0.6) is 0 Å². The molecule has 19 heavy (non-hydrogen) atoms. The van der Waals surface area contributed by atoms with Gasteiger partial charge >= 0.3 is 0 Å². The van der Waals surface area contributed by atoms with E-state index in [1.165, 1.54) is 11.3 Å². The molecular formula is C17H29NO. The first-order chi connectivity index (χ1) is 8.93. The summed E-state index contributed by atoms with van der Waals surface area (Å²) in [5.74, 6) is 1.54. The van der Waals surface area contributed by atoms with Crippen LogP contribution < -0.4 is 4.90 Å². The first-order valence-corrected chi connectivity index (χ1v) is 7.35. The largest absolute Gasteiger partial charge is 0.396 e. The summed E-state index contributed by atoms with van der Waals surface area (Å²) in [4.78, 5) is 2.24. The van der Waals surface area contributed by atoms with Crippen LogP contribution in [0.3, 0.4) is 0 Å². The van der Waals surface area contributed by atoms with Gasteiger partial charge in [0.2, 0.25) is 0 Å². The Morgan fingerprint density at radius 1 is 1.05 bits per heavy atom. The van der Waals surface area contributed by atoms with Crippen molar-refractivity contribution in [3.8, 4) is 0 Å². The van der Waals surface area contributed by atoms with Crippen LogP contribution in [0.4, 0.5) is 5.69 Å².